The van der Waals surface area contributed by atoms with Crippen LogP contribution < -0.4 is 10.6 Å². The Kier molecular flexibility index (Phi) is 5.70. The van der Waals surface area contributed by atoms with Crippen molar-refractivity contribution in [3.05, 3.63) is 36.3 Å². The number of urea groups is 1. The molecule has 6 nitrogen and oxygen atoms in total. The van der Waals surface area contributed by atoms with Gasteiger partial charge in [-0.05, 0) is 43.9 Å². The van der Waals surface area contributed by atoms with Crippen LogP contribution in [0.3, 0.4) is 0 Å². The Hall–Kier alpha value is -2.37. The zero-order chi connectivity index (χ0) is 18.5. The Morgan fingerprint density at radius 1 is 1.04 bits per heavy atom. The van der Waals surface area contributed by atoms with Gasteiger partial charge in [-0.3, -0.25) is 9.67 Å². The van der Waals surface area contributed by atoms with Gasteiger partial charge in [0.2, 0.25) is 0 Å². The highest BCUT2D eigenvalue weighted by molar-refractivity contribution is 5.74. The summed E-state index contributed by atoms with van der Waals surface area (Å²) in [6, 6.07) is 6.85. The van der Waals surface area contributed by atoms with Crippen LogP contribution in [0.1, 0.15) is 69.5 Å². The van der Waals surface area contributed by atoms with Gasteiger partial charge in [0.1, 0.15) is 0 Å². The van der Waals surface area contributed by atoms with Gasteiger partial charge in [-0.15, -0.1) is 0 Å². The third-order valence-corrected chi connectivity index (χ3v) is 5.80. The molecule has 2 aliphatic rings. The molecule has 2 aromatic rings. The lowest BCUT2D eigenvalue weighted by Crippen LogP contribution is -2.42. The highest BCUT2D eigenvalue weighted by atomic mass is 16.2. The summed E-state index contributed by atoms with van der Waals surface area (Å²) in [6.45, 7) is 0.455. The molecule has 0 spiro atoms. The van der Waals surface area contributed by atoms with E-state index in [1.54, 1.807) is 0 Å². The SMILES string of the molecule is O=C(NCc1cc(-c2ccncc2)n(C2CCCC2)n1)NC1CCCCC1. The van der Waals surface area contributed by atoms with Crippen LogP contribution in [0, 0.1) is 0 Å². The fraction of sp³-hybridized carbons (Fsp3) is 0.571. The van der Waals surface area contributed by atoms with Crippen molar-refractivity contribution < 1.29 is 4.79 Å². The van der Waals surface area contributed by atoms with Gasteiger partial charge in [-0.2, -0.15) is 5.10 Å². The molecule has 0 atom stereocenters. The van der Waals surface area contributed by atoms with E-state index in [2.05, 4.69) is 26.4 Å². The molecule has 2 aliphatic carbocycles. The molecule has 2 fully saturated rings. The minimum atomic E-state index is -0.0808. The van der Waals surface area contributed by atoms with Gasteiger partial charge in [0.05, 0.1) is 24.0 Å². The zero-order valence-corrected chi connectivity index (χ0v) is 15.9. The van der Waals surface area contributed by atoms with Crippen LogP contribution in [0.4, 0.5) is 4.79 Å². The smallest absolute Gasteiger partial charge is 0.315 e. The molecule has 2 amide bonds. The van der Waals surface area contributed by atoms with Crippen molar-refractivity contribution in [1.29, 1.82) is 0 Å². The second-order valence-corrected chi connectivity index (χ2v) is 7.80. The number of nitrogens with zero attached hydrogens (tertiary/aromatic N) is 3. The number of amides is 2. The third-order valence-electron chi connectivity index (χ3n) is 5.80. The molecule has 2 N–H and O–H groups in total. The first-order chi connectivity index (χ1) is 13.3. The summed E-state index contributed by atoms with van der Waals surface area (Å²) in [5.74, 6) is 0. The van der Waals surface area contributed by atoms with Crippen LogP contribution in [-0.2, 0) is 6.54 Å². The Labute approximate surface area is 160 Å². The summed E-state index contributed by atoms with van der Waals surface area (Å²) < 4.78 is 2.17. The molecule has 2 aromatic heterocycles. The molecule has 2 heterocycles. The Morgan fingerprint density at radius 3 is 2.48 bits per heavy atom. The summed E-state index contributed by atoms with van der Waals surface area (Å²) in [6.07, 6.45) is 14.4. The Bertz CT molecular complexity index is 745. The Morgan fingerprint density at radius 2 is 1.74 bits per heavy atom. The highest BCUT2D eigenvalue weighted by Gasteiger charge is 2.22. The summed E-state index contributed by atoms with van der Waals surface area (Å²) in [5.41, 5.74) is 3.16. The minimum Gasteiger partial charge on any atom is -0.335 e. The van der Waals surface area contributed by atoms with Crippen molar-refractivity contribution in [1.82, 2.24) is 25.4 Å². The topological polar surface area (TPSA) is 71.8 Å². The molecule has 6 heteroatoms. The van der Waals surface area contributed by atoms with Gasteiger partial charge in [-0.1, -0.05) is 32.1 Å². The van der Waals surface area contributed by atoms with Crippen LogP contribution >= 0.6 is 0 Å². The fourth-order valence-corrected chi connectivity index (χ4v) is 4.35. The van der Waals surface area contributed by atoms with E-state index in [-0.39, 0.29) is 6.03 Å². The average molecular weight is 367 g/mol. The van der Waals surface area contributed by atoms with E-state index in [9.17, 15) is 4.79 Å². The van der Waals surface area contributed by atoms with E-state index in [4.69, 9.17) is 5.10 Å². The van der Waals surface area contributed by atoms with E-state index < -0.39 is 0 Å². The molecular formula is C21H29N5O. The summed E-state index contributed by atoms with van der Waals surface area (Å²) in [5, 5.41) is 10.9. The maximum Gasteiger partial charge on any atom is 0.315 e. The van der Waals surface area contributed by atoms with Crippen molar-refractivity contribution in [3.8, 4) is 11.3 Å². The van der Waals surface area contributed by atoms with E-state index in [1.807, 2.05) is 24.5 Å². The van der Waals surface area contributed by atoms with Crippen molar-refractivity contribution in [3.63, 3.8) is 0 Å². The lowest BCUT2D eigenvalue weighted by molar-refractivity contribution is 0.232. The lowest BCUT2D eigenvalue weighted by atomic mass is 9.96. The van der Waals surface area contributed by atoms with Crippen molar-refractivity contribution in [2.75, 3.05) is 0 Å². The molecule has 0 saturated heterocycles. The molecular weight excluding hydrogens is 338 g/mol. The van der Waals surface area contributed by atoms with Gasteiger partial charge in [0.15, 0.2) is 0 Å². The average Bonchev–Trinajstić information content (AvgIpc) is 3.37. The number of nitrogens with one attached hydrogen (secondary N) is 2. The minimum absolute atomic E-state index is 0.0808. The van der Waals surface area contributed by atoms with E-state index in [1.165, 1.54) is 44.9 Å². The van der Waals surface area contributed by atoms with Gasteiger partial charge < -0.3 is 10.6 Å². The molecule has 0 unspecified atom stereocenters. The molecule has 27 heavy (non-hydrogen) atoms. The highest BCUT2D eigenvalue weighted by Crippen LogP contribution is 2.33. The molecule has 2 saturated carbocycles. The molecule has 0 aromatic carbocycles. The van der Waals surface area contributed by atoms with Crippen molar-refractivity contribution in [2.24, 2.45) is 0 Å². The van der Waals surface area contributed by atoms with Crippen LogP contribution in [-0.4, -0.2) is 26.8 Å². The monoisotopic (exact) mass is 367 g/mol. The number of hydrogen-bond acceptors (Lipinski definition) is 3. The number of rotatable bonds is 5. The van der Waals surface area contributed by atoms with Crippen molar-refractivity contribution >= 4 is 6.03 Å². The number of carbonyl (C=O) groups excluding carboxylic acids is 1. The summed E-state index contributed by atoms with van der Waals surface area (Å²) in [7, 11) is 0. The number of aromatic nitrogens is 3. The van der Waals surface area contributed by atoms with Gasteiger partial charge >= 0.3 is 6.03 Å². The second kappa shape index (κ2) is 8.55. The quantitative estimate of drug-likeness (QED) is 0.832. The summed E-state index contributed by atoms with van der Waals surface area (Å²) in [4.78, 5) is 16.4. The number of pyridine rings is 1. The van der Waals surface area contributed by atoms with Crippen LogP contribution in [0.2, 0.25) is 0 Å². The van der Waals surface area contributed by atoms with Crippen molar-refractivity contribution in [2.45, 2.75) is 76.4 Å². The fourth-order valence-electron chi connectivity index (χ4n) is 4.35. The first-order valence-corrected chi connectivity index (χ1v) is 10.3. The standard InChI is InChI=1S/C21H29N5O/c27-21(24-17-6-2-1-3-7-17)23-15-18-14-20(16-10-12-22-13-11-16)26(25-18)19-8-4-5-9-19/h10-14,17,19H,1-9,15H2,(H2,23,24,27). The van der Waals surface area contributed by atoms with E-state index in [0.717, 1.165) is 29.8 Å². The molecule has 0 radical (unpaired) electrons. The van der Waals surface area contributed by atoms with Crippen LogP contribution in [0.25, 0.3) is 11.3 Å². The lowest BCUT2D eigenvalue weighted by Gasteiger charge is -2.22. The first-order valence-electron chi connectivity index (χ1n) is 10.3. The normalized spacial score (nSPS) is 18.5. The third kappa shape index (κ3) is 4.49. The molecule has 0 bridgehead atoms. The van der Waals surface area contributed by atoms with Gasteiger partial charge in [0.25, 0.3) is 0 Å². The van der Waals surface area contributed by atoms with E-state index in [0.29, 0.717) is 18.6 Å². The molecule has 0 aliphatic heterocycles. The predicted molar refractivity (Wildman–Crippen MR) is 105 cm³/mol. The van der Waals surface area contributed by atoms with E-state index >= 15 is 0 Å². The van der Waals surface area contributed by atoms with Crippen LogP contribution in [0.15, 0.2) is 30.6 Å². The largest absolute Gasteiger partial charge is 0.335 e. The maximum atomic E-state index is 12.2. The maximum absolute atomic E-state index is 12.2. The van der Waals surface area contributed by atoms with Gasteiger partial charge in [-0.25, -0.2) is 4.79 Å². The Balaban J connectivity index is 1.44. The zero-order valence-electron chi connectivity index (χ0n) is 15.9. The molecule has 4 rings (SSSR count). The predicted octanol–water partition coefficient (Wildman–Crippen LogP) is 4.19. The number of carbonyl (C=O) groups is 1. The summed E-state index contributed by atoms with van der Waals surface area (Å²) >= 11 is 0. The molecule has 144 valence electrons. The van der Waals surface area contributed by atoms with Gasteiger partial charge in [0, 0.05) is 24.0 Å². The van der Waals surface area contributed by atoms with Crippen LogP contribution in [0.5, 0.6) is 0 Å². The second-order valence-electron chi connectivity index (χ2n) is 7.80. The first kappa shape index (κ1) is 18.0. The number of hydrogen-bond donors (Lipinski definition) is 2.